The number of hydrogen-bond donors (Lipinski definition) is 0. The van der Waals surface area contributed by atoms with Gasteiger partial charge in [0.15, 0.2) is 17.5 Å². The van der Waals surface area contributed by atoms with Gasteiger partial charge >= 0.3 is 0 Å². The molecule has 5 nitrogen and oxygen atoms in total. The van der Waals surface area contributed by atoms with E-state index in [-0.39, 0.29) is 0 Å². The van der Waals surface area contributed by atoms with Gasteiger partial charge in [0, 0.05) is 50.6 Å². The Morgan fingerprint density at radius 2 is 0.969 bits per heavy atom. The fourth-order valence-corrected chi connectivity index (χ4v) is 8.88. The van der Waals surface area contributed by atoms with Crippen LogP contribution in [-0.2, 0) is 0 Å². The van der Waals surface area contributed by atoms with Gasteiger partial charge in [0.25, 0.3) is 0 Å². The Morgan fingerprint density at radius 3 is 1.69 bits per heavy atom. The lowest BCUT2D eigenvalue weighted by atomic mass is 9.97. The van der Waals surface area contributed by atoms with Crippen molar-refractivity contribution in [2.45, 2.75) is 13.8 Å². The van der Waals surface area contributed by atoms with E-state index >= 15 is 0 Å². The number of rotatable bonds is 7. The quantitative estimate of drug-likeness (QED) is 0.161. The van der Waals surface area contributed by atoms with Crippen molar-refractivity contribution >= 4 is 38.8 Å². The number of benzene rings is 8. The number of aromatic nitrogens is 4. The van der Waals surface area contributed by atoms with Crippen LogP contribution in [0.3, 0.4) is 0 Å². The van der Waals surface area contributed by atoms with Crippen LogP contribution in [0.15, 0.2) is 225 Å². The highest BCUT2D eigenvalue weighted by Gasteiger charge is 2.19. The highest BCUT2D eigenvalue weighted by Crippen LogP contribution is 2.40. The van der Waals surface area contributed by atoms with Crippen LogP contribution < -0.4 is 4.90 Å². The van der Waals surface area contributed by atoms with Crippen LogP contribution in [0.5, 0.6) is 0 Å². The number of aryl methyl sites for hydroxylation is 1. The second-order valence-corrected chi connectivity index (χ2v) is 16.4. The molecule has 5 heteroatoms. The molecule has 0 saturated heterocycles. The average Bonchev–Trinajstić information content (AvgIpc) is 3.68. The van der Waals surface area contributed by atoms with Gasteiger partial charge < -0.3 is 9.47 Å². The fraction of sp³-hybridized carbons (Fsp3) is 0.0339. The highest BCUT2D eigenvalue weighted by atomic mass is 15.1. The van der Waals surface area contributed by atoms with E-state index in [1.54, 1.807) is 0 Å². The van der Waals surface area contributed by atoms with Crippen LogP contribution in [-0.4, -0.2) is 19.5 Å². The summed E-state index contributed by atoms with van der Waals surface area (Å²) in [5.41, 5.74) is 17.3. The van der Waals surface area contributed by atoms with E-state index in [2.05, 4.69) is 182 Å². The first kappa shape index (κ1) is 38.5. The summed E-state index contributed by atoms with van der Waals surface area (Å²) in [4.78, 5) is 17.2. The van der Waals surface area contributed by atoms with Crippen molar-refractivity contribution in [3.63, 3.8) is 0 Å². The number of anilines is 2. The van der Waals surface area contributed by atoms with E-state index in [1.807, 2.05) is 60.7 Å². The smallest absolute Gasteiger partial charge is 0.164 e. The van der Waals surface area contributed by atoms with Crippen molar-refractivity contribution in [2.75, 3.05) is 4.90 Å². The monoisotopic (exact) mass is 821 g/mol. The Morgan fingerprint density at radius 1 is 0.422 bits per heavy atom. The Balaban J connectivity index is 0.995. The molecule has 11 rings (SSSR count). The molecule has 0 saturated carbocycles. The van der Waals surface area contributed by atoms with Gasteiger partial charge in [0.2, 0.25) is 0 Å². The second kappa shape index (κ2) is 16.1. The number of nitrogens with zero attached hydrogens (tertiary/aromatic N) is 5. The summed E-state index contributed by atoms with van der Waals surface area (Å²) in [5.74, 6) is 1.91. The van der Waals surface area contributed by atoms with Crippen LogP contribution in [0.4, 0.5) is 11.4 Å². The van der Waals surface area contributed by atoms with Crippen molar-refractivity contribution in [3.05, 3.63) is 236 Å². The van der Waals surface area contributed by atoms with Crippen molar-refractivity contribution in [1.29, 1.82) is 0 Å². The summed E-state index contributed by atoms with van der Waals surface area (Å²) in [6, 6.07) is 68.5. The lowest BCUT2D eigenvalue weighted by Crippen LogP contribution is -2.12. The van der Waals surface area contributed by atoms with Crippen molar-refractivity contribution < 1.29 is 0 Å². The maximum atomic E-state index is 5.01. The molecule has 0 aliphatic carbocycles. The molecule has 0 bridgehead atoms. The van der Waals surface area contributed by atoms with E-state index in [9.17, 15) is 0 Å². The lowest BCUT2D eigenvalue weighted by molar-refractivity contribution is 1.07. The Hall–Kier alpha value is -8.41. The van der Waals surface area contributed by atoms with Crippen LogP contribution in [0.1, 0.15) is 18.1 Å². The van der Waals surface area contributed by atoms with Gasteiger partial charge in [-0.15, -0.1) is 0 Å². The second-order valence-electron chi connectivity index (χ2n) is 16.4. The maximum Gasteiger partial charge on any atom is 0.164 e. The number of fused-ring (bicyclic) bond motifs is 4. The third-order valence-electron chi connectivity index (χ3n) is 12.0. The molecule has 304 valence electrons. The van der Waals surface area contributed by atoms with E-state index < -0.39 is 0 Å². The minimum absolute atomic E-state index is 0.629. The largest absolute Gasteiger partial charge is 0.317 e. The summed E-state index contributed by atoms with van der Waals surface area (Å²) < 4.78 is 2.40. The molecule has 1 aliphatic rings. The molecule has 0 amide bonds. The standard InChI is InChI=1S/C59H43N5/c1-39-27-30-54-53(34-39)41(3)33-40(2)31-32-63(54)49-23-13-20-45(36-49)47-28-29-52-51-25-10-11-26-55(51)64(56(52)38-47)50-24-14-21-46(37-50)44-19-12-22-48(35-44)59-61-57(42-15-6-4-7-16-42)60-58(62-59)43-17-8-5-9-18-43/h4-38H,3H2,1-2H3/b32-31-,40-33-. The molecular formula is C59H43N5. The first-order valence-electron chi connectivity index (χ1n) is 21.6. The molecule has 0 unspecified atom stereocenters. The van der Waals surface area contributed by atoms with Crippen molar-refractivity contribution in [2.24, 2.45) is 0 Å². The average molecular weight is 822 g/mol. The summed E-state index contributed by atoms with van der Waals surface area (Å²) in [6.45, 7) is 8.70. The zero-order chi connectivity index (χ0) is 43.1. The first-order valence-corrected chi connectivity index (χ1v) is 21.6. The molecule has 10 aromatic rings. The predicted molar refractivity (Wildman–Crippen MR) is 267 cm³/mol. The van der Waals surface area contributed by atoms with E-state index in [0.29, 0.717) is 17.5 Å². The van der Waals surface area contributed by atoms with Crippen LogP contribution in [0.2, 0.25) is 0 Å². The SMILES string of the molecule is C=C1/C=C(C)\C=C/N(c2cccc(-c3ccc4c5ccccc5n(-c5cccc(-c6cccc(-c7nc(-c8ccccc8)nc(-c8ccccc8)n7)c6)c5)c4c3)c2)c2ccc(C)cc21. The molecule has 0 fully saturated rings. The zero-order valence-electron chi connectivity index (χ0n) is 35.7. The Kier molecular flexibility index (Phi) is 9.70. The van der Waals surface area contributed by atoms with Gasteiger partial charge in [-0.1, -0.05) is 158 Å². The summed E-state index contributed by atoms with van der Waals surface area (Å²) >= 11 is 0. The van der Waals surface area contributed by atoms with E-state index in [1.165, 1.54) is 16.3 Å². The molecule has 0 atom stereocenters. The van der Waals surface area contributed by atoms with Crippen LogP contribution in [0, 0.1) is 6.92 Å². The van der Waals surface area contributed by atoms with Gasteiger partial charge in [-0.05, 0) is 108 Å². The Labute approximate surface area is 373 Å². The molecule has 0 N–H and O–H groups in total. The van der Waals surface area contributed by atoms with Crippen LogP contribution >= 0.6 is 0 Å². The minimum Gasteiger partial charge on any atom is -0.317 e. The van der Waals surface area contributed by atoms with Gasteiger partial charge in [-0.25, -0.2) is 15.0 Å². The van der Waals surface area contributed by atoms with Gasteiger partial charge in [-0.2, -0.15) is 0 Å². The highest BCUT2D eigenvalue weighted by molar-refractivity contribution is 6.10. The summed E-state index contributed by atoms with van der Waals surface area (Å²) in [5, 5.41) is 2.42. The maximum absolute atomic E-state index is 5.01. The fourth-order valence-electron chi connectivity index (χ4n) is 8.88. The Bertz CT molecular complexity index is 3430. The van der Waals surface area contributed by atoms with Gasteiger partial charge in [-0.3, -0.25) is 0 Å². The summed E-state index contributed by atoms with van der Waals surface area (Å²) in [7, 11) is 0. The predicted octanol–water partition coefficient (Wildman–Crippen LogP) is 15.2. The summed E-state index contributed by atoms with van der Waals surface area (Å²) in [6.07, 6.45) is 6.49. The molecule has 1 aliphatic heterocycles. The van der Waals surface area contributed by atoms with Crippen molar-refractivity contribution in [3.8, 4) is 62.1 Å². The normalized spacial score (nSPS) is 13.9. The first-order chi connectivity index (χ1) is 31.4. The van der Waals surface area contributed by atoms with Gasteiger partial charge in [0.05, 0.1) is 16.7 Å². The van der Waals surface area contributed by atoms with E-state index in [0.717, 1.165) is 83.7 Å². The number of hydrogen-bond acceptors (Lipinski definition) is 4. The zero-order valence-corrected chi connectivity index (χ0v) is 35.7. The molecule has 3 heterocycles. The molecule has 2 aromatic heterocycles. The van der Waals surface area contributed by atoms with Crippen molar-refractivity contribution in [1.82, 2.24) is 19.5 Å². The molecule has 64 heavy (non-hydrogen) atoms. The topological polar surface area (TPSA) is 46.8 Å². The van der Waals surface area contributed by atoms with Crippen LogP contribution in [0.25, 0.3) is 89.5 Å². The molecule has 0 radical (unpaired) electrons. The molecule has 8 aromatic carbocycles. The third-order valence-corrected chi connectivity index (χ3v) is 12.0. The van der Waals surface area contributed by atoms with E-state index in [4.69, 9.17) is 15.0 Å². The molecular weight excluding hydrogens is 779 g/mol. The minimum atomic E-state index is 0.629. The third kappa shape index (κ3) is 7.19. The number of para-hydroxylation sites is 1. The molecule has 0 spiro atoms. The van der Waals surface area contributed by atoms with Gasteiger partial charge in [0.1, 0.15) is 0 Å². The number of allylic oxidation sites excluding steroid dienone is 4. The lowest BCUT2D eigenvalue weighted by Gasteiger charge is -2.26.